The van der Waals surface area contributed by atoms with Gasteiger partial charge in [0.25, 0.3) is 0 Å². The fraction of sp³-hybridized carbons (Fsp3) is 0.500. The summed E-state index contributed by atoms with van der Waals surface area (Å²) in [5.41, 5.74) is 0. The number of nitrogens with zero attached hydrogens (tertiary/aromatic N) is 2. The van der Waals surface area contributed by atoms with Gasteiger partial charge in [0.15, 0.2) is 5.82 Å². The number of anilines is 1. The summed E-state index contributed by atoms with van der Waals surface area (Å²) < 4.78 is 5.31. The number of carbonyl (C=O) groups is 1. The van der Waals surface area contributed by atoms with E-state index < -0.39 is 0 Å². The second kappa shape index (κ2) is 5.29. The first kappa shape index (κ1) is 11.4. The molecule has 0 spiro atoms. The van der Waals surface area contributed by atoms with Crippen molar-refractivity contribution in [3.63, 3.8) is 0 Å². The van der Waals surface area contributed by atoms with Crippen LogP contribution in [0.3, 0.4) is 0 Å². The SMILES string of the molecule is CCC(=O)Nc1ccc(OC(C)C)nn1. The zero-order chi connectivity index (χ0) is 11.3. The average molecular weight is 209 g/mol. The van der Waals surface area contributed by atoms with Crippen molar-refractivity contribution in [1.82, 2.24) is 10.2 Å². The molecule has 5 nitrogen and oxygen atoms in total. The molecule has 0 fully saturated rings. The standard InChI is InChI=1S/C10H15N3O2/c1-4-9(14)11-8-5-6-10(13-12-8)15-7(2)3/h5-7H,4H2,1-3H3,(H,11,12,14). The Hall–Kier alpha value is -1.65. The largest absolute Gasteiger partial charge is 0.474 e. The molecule has 0 unspecified atom stereocenters. The average Bonchev–Trinajstić information content (AvgIpc) is 2.20. The molecule has 1 rings (SSSR count). The van der Waals surface area contributed by atoms with Crippen molar-refractivity contribution < 1.29 is 9.53 Å². The minimum Gasteiger partial charge on any atom is -0.474 e. The third-order valence-electron chi connectivity index (χ3n) is 1.59. The van der Waals surface area contributed by atoms with E-state index in [1.54, 1.807) is 19.1 Å². The van der Waals surface area contributed by atoms with E-state index in [9.17, 15) is 4.79 Å². The fourth-order valence-corrected chi connectivity index (χ4v) is 0.922. The Balaban J connectivity index is 2.60. The van der Waals surface area contributed by atoms with Crippen LogP contribution in [-0.4, -0.2) is 22.2 Å². The number of ether oxygens (including phenoxy) is 1. The Morgan fingerprint density at radius 1 is 1.47 bits per heavy atom. The van der Waals surface area contributed by atoms with Crippen LogP contribution in [0.25, 0.3) is 0 Å². The van der Waals surface area contributed by atoms with Crippen molar-refractivity contribution in [2.45, 2.75) is 33.3 Å². The minimum atomic E-state index is -0.0816. The lowest BCUT2D eigenvalue weighted by Gasteiger charge is -2.08. The van der Waals surface area contributed by atoms with Gasteiger partial charge in [-0.25, -0.2) is 0 Å². The highest BCUT2D eigenvalue weighted by Gasteiger charge is 2.02. The molecule has 0 aliphatic rings. The van der Waals surface area contributed by atoms with Crippen molar-refractivity contribution in [1.29, 1.82) is 0 Å². The molecule has 0 bridgehead atoms. The first-order valence-corrected chi connectivity index (χ1v) is 4.92. The third kappa shape index (κ3) is 3.93. The zero-order valence-electron chi connectivity index (χ0n) is 9.15. The van der Waals surface area contributed by atoms with Crippen molar-refractivity contribution in [2.75, 3.05) is 5.32 Å². The van der Waals surface area contributed by atoms with Crippen LogP contribution >= 0.6 is 0 Å². The van der Waals surface area contributed by atoms with E-state index >= 15 is 0 Å². The molecule has 1 amide bonds. The molecule has 0 aliphatic heterocycles. The van der Waals surface area contributed by atoms with Crippen LogP contribution < -0.4 is 10.1 Å². The Morgan fingerprint density at radius 3 is 2.67 bits per heavy atom. The van der Waals surface area contributed by atoms with E-state index in [-0.39, 0.29) is 12.0 Å². The van der Waals surface area contributed by atoms with E-state index in [1.165, 1.54) is 0 Å². The lowest BCUT2D eigenvalue weighted by molar-refractivity contribution is -0.115. The van der Waals surface area contributed by atoms with Crippen LogP contribution in [0.4, 0.5) is 5.82 Å². The van der Waals surface area contributed by atoms with E-state index in [0.29, 0.717) is 18.1 Å². The van der Waals surface area contributed by atoms with Gasteiger partial charge >= 0.3 is 0 Å². The van der Waals surface area contributed by atoms with Gasteiger partial charge in [0.2, 0.25) is 11.8 Å². The second-order valence-corrected chi connectivity index (χ2v) is 3.33. The highest BCUT2D eigenvalue weighted by molar-refractivity contribution is 5.89. The van der Waals surface area contributed by atoms with Crippen LogP contribution in [0, 0.1) is 0 Å². The maximum absolute atomic E-state index is 11.0. The molecule has 0 atom stereocenters. The van der Waals surface area contributed by atoms with Gasteiger partial charge in [-0.1, -0.05) is 6.92 Å². The summed E-state index contributed by atoms with van der Waals surface area (Å²) in [6.07, 6.45) is 0.488. The molecule has 82 valence electrons. The molecule has 1 aromatic heterocycles. The Morgan fingerprint density at radius 2 is 2.20 bits per heavy atom. The molecule has 1 N–H and O–H groups in total. The number of aromatic nitrogens is 2. The molecular formula is C10H15N3O2. The highest BCUT2D eigenvalue weighted by Crippen LogP contribution is 2.09. The lowest BCUT2D eigenvalue weighted by Crippen LogP contribution is -2.12. The van der Waals surface area contributed by atoms with Crippen LogP contribution in [0.2, 0.25) is 0 Å². The van der Waals surface area contributed by atoms with Gasteiger partial charge in [0.05, 0.1) is 6.10 Å². The first-order chi connectivity index (χ1) is 7.11. The summed E-state index contributed by atoms with van der Waals surface area (Å²) in [5, 5.41) is 10.2. The maximum Gasteiger partial charge on any atom is 0.233 e. The Labute approximate surface area is 88.9 Å². The smallest absolute Gasteiger partial charge is 0.233 e. The van der Waals surface area contributed by atoms with Gasteiger partial charge in [0.1, 0.15) is 0 Å². The summed E-state index contributed by atoms with van der Waals surface area (Å²) in [5.74, 6) is 0.819. The number of nitrogens with one attached hydrogen (secondary N) is 1. The number of rotatable bonds is 4. The van der Waals surface area contributed by atoms with Crippen molar-refractivity contribution in [2.24, 2.45) is 0 Å². The van der Waals surface area contributed by atoms with Crippen LogP contribution in [0.15, 0.2) is 12.1 Å². The van der Waals surface area contributed by atoms with Crippen LogP contribution in [0.1, 0.15) is 27.2 Å². The molecule has 0 aromatic carbocycles. The summed E-state index contributed by atoms with van der Waals surface area (Å²) in [7, 11) is 0. The first-order valence-electron chi connectivity index (χ1n) is 4.92. The predicted octanol–water partition coefficient (Wildman–Crippen LogP) is 1.61. The second-order valence-electron chi connectivity index (χ2n) is 3.33. The quantitative estimate of drug-likeness (QED) is 0.818. The van der Waals surface area contributed by atoms with Gasteiger partial charge in [-0.2, -0.15) is 0 Å². The number of carbonyl (C=O) groups excluding carboxylic acids is 1. The summed E-state index contributed by atoms with van der Waals surface area (Å²) in [4.78, 5) is 11.0. The summed E-state index contributed by atoms with van der Waals surface area (Å²) in [6.45, 7) is 5.60. The van der Waals surface area contributed by atoms with E-state index in [2.05, 4.69) is 15.5 Å². The fourth-order valence-electron chi connectivity index (χ4n) is 0.922. The molecule has 1 heterocycles. The van der Waals surface area contributed by atoms with E-state index in [4.69, 9.17) is 4.74 Å². The van der Waals surface area contributed by atoms with Gasteiger partial charge in [-0.3, -0.25) is 4.79 Å². The zero-order valence-corrected chi connectivity index (χ0v) is 9.15. The topological polar surface area (TPSA) is 64.1 Å². The van der Waals surface area contributed by atoms with Gasteiger partial charge < -0.3 is 10.1 Å². The minimum absolute atomic E-state index is 0.0652. The molecular weight excluding hydrogens is 194 g/mol. The molecule has 1 aromatic rings. The monoisotopic (exact) mass is 209 g/mol. The number of amides is 1. The molecule has 0 saturated heterocycles. The van der Waals surface area contributed by atoms with Gasteiger partial charge in [-0.15, -0.1) is 10.2 Å². The number of hydrogen-bond acceptors (Lipinski definition) is 4. The third-order valence-corrected chi connectivity index (χ3v) is 1.59. The summed E-state index contributed by atoms with van der Waals surface area (Å²) in [6, 6.07) is 3.34. The van der Waals surface area contributed by atoms with E-state index in [1.807, 2.05) is 13.8 Å². The van der Waals surface area contributed by atoms with Crippen molar-refractivity contribution in [3.8, 4) is 5.88 Å². The maximum atomic E-state index is 11.0. The summed E-state index contributed by atoms with van der Waals surface area (Å²) >= 11 is 0. The van der Waals surface area contributed by atoms with Crippen molar-refractivity contribution >= 4 is 11.7 Å². The van der Waals surface area contributed by atoms with Crippen molar-refractivity contribution in [3.05, 3.63) is 12.1 Å². The predicted molar refractivity (Wildman–Crippen MR) is 56.7 cm³/mol. The molecule has 15 heavy (non-hydrogen) atoms. The molecule has 5 heteroatoms. The van der Waals surface area contributed by atoms with Crippen LogP contribution in [0.5, 0.6) is 5.88 Å². The molecule has 0 aliphatic carbocycles. The van der Waals surface area contributed by atoms with Crippen LogP contribution in [-0.2, 0) is 4.79 Å². The lowest BCUT2D eigenvalue weighted by atomic mass is 10.4. The van der Waals surface area contributed by atoms with Gasteiger partial charge in [-0.05, 0) is 19.9 Å². The normalized spacial score (nSPS) is 10.1. The Bertz CT molecular complexity index is 322. The highest BCUT2D eigenvalue weighted by atomic mass is 16.5. The van der Waals surface area contributed by atoms with E-state index in [0.717, 1.165) is 0 Å². The van der Waals surface area contributed by atoms with Gasteiger partial charge in [0, 0.05) is 12.5 Å². The number of hydrogen-bond donors (Lipinski definition) is 1. The molecule has 0 saturated carbocycles. The molecule has 0 radical (unpaired) electrons. The Kier molecular flexibility index (Phi) is 4.03.